The van der Waals surface area contributed by atoms with Crippen LogP contribution in [0, 0.1) is 0 Å². The molecule has 0 aliphatic carbocycles. The molecular formula is C27H34N2O6S. The van der Waals surface area contributed by atoms with Crippen LogP contribution in [0.3, 0.4) is 0 Å². The number of amides is 1. The van der Waals surface area contributed by atoms with E-state index in [0.717, 1.165) is 25.7 Å². The lowest BCUT2D eigenvalue weighted by molar-refractivity contribution is -0.136. The number of rotatable bonds is 5. The zero-order valence-electron chi connectivity index (χ0n) is 20.6. The number of fused-ring (bicyclic) bond motifs is 13. The molecule has 0 fully saturated rings. The SMILES string of the molecule is CCCCS(=O)(=O)N[C@H]1C(=O)Oc2ccccc2/C=C\C(=O)NCCCCCCOc2ccc1cc2. The van der Waals surface area contributed by atoms with Crippen LogP contribution in [0.5, 0.6) is 11.5 Å². The maximum absolute atomic E-state index is 13.3. The number of hydrogen-bond acceptors (Lipinski definition) is 6. The van der Waals surface area contributed by atoms with Crippen molar-refractivity contribution in [2.24, 2.45) is 0 Å². The predicted octanol–water partition coefficient (Wildman–Crippen LogP) is 4.14. The van der Waals surface area contributed by atoms with Crippen LogP contribution in [0.4, 0.5) is 0 Å². The lowest BCUT2D eigenvalue weighted by Gasteiger charge is -2.19. The van der Waals surface area contributed by atoms with Crippen LogP contribution in [0.25, 0.3) is 6.08 Å². The number of benzene rings is 2. The summed E-state index contributed by atoms with van der Waals surface area (Å²) in [5.41, 5.74) is 0.959. The van der Waals surface area contributed by atoms with Gasteiger partial charge in [0.15, 0.2) is 0 Å². The molecule has 2 N–H and O–H groups in total. The topological polar surface area (TPSA) is 111 Å². The summed E-state index contributed by atoms with van der Waals surface area (Å²) in [6, 6.07) is 12.3. The normalized spacial score (nSPS) is 18.9. The summed E-state index contributed by atoms with van der Waals surface area (Å²) in [5.74, 6) is -0.253. The Morgan fingerprint density at radius 2 is 1.72 bits per heavy atom. The number of sulfonamides is 1. The Balaban J connectivity index is 1.92. The van der Waals surface area contributed by atoms with Gasteiger partial charge in [-0.15, -0.1) is 0 Å². The molecular weight excluding hydrogens is 480 g/mol. The molecule has 0 radical (unpaired) electrons. The Bertz CT molecular complexity index is 1150. The summed E-state index contributed by atoms with van der Waals surface area (Å²) in [5, 5.41) is 2.85. The second-order valence-electron chi connectivity index (χ2n) is 8.64. The summed E-state index contributed by atoms with van der Waals surface area (Å²) in [4.78, 5) is 25.5. The molecule has 2 heterocycles. The first kappa shape index (κ1) is 27.4. The third-order valence-electron chi connectivity index (χ3n) is 5.70. The van der Waals surface area contributed by atoms with E-state index in [-0.39, 0.29) is 17.4 Å². The van der Waals surface area contributed by atoms with Crippen LogP contribution >= 0.6 is 0 Å². The molecule has 4 rings (SSSR count). The molecule has 0 aromatic heterocycles. The third-order valence-corrected chi connectivity index (χ3v) is 7.12. The molecule has 1 atom stereocenters. The van der Waals surface area contributed by atoms with Gasteiger partial charge >= 0.3 is 5.97 Å². The van der Waals surface area contributed by atoms with Crippen LogP contribution in [0.2, 0.25) is 0 Å². The fourth-order valence-corrected chi connectivity index (χ4v) is 5.04. The van der Waals surface area contributed by atoms with Gasteiger partial charge in [0.05, 0.1) is 12.4 Å². The van der Waals surface area contributed by atoms with E-state index < -0.39 is 22.0 Å². The zero-order valence-corrected chi connectivity index (χ0v) is 21.4. The largest absolute Gasteiger partial charge is 0.494 e. The first-order valence-electron chi connectivity index (χ1n) is 12.4. The van der Waals surface area contributed by atoms with Crippen molar-refractivity contribution in [2.75, 3.05) is 18.9 Å². The zero-order chi connectivity index (χ0) is 25.8. The number of para-hydroxylation sites is 1. The van der Waals surface area contributed by atoms with E-state index in [1.165, 1.54) is 6.08 Å². The lowest BCUT2D eigenvalue weighted by atomic mass is 10.1. The van der Waals surface area contributed by atoms with Gasteiger partial charge < -0.3 is 14.8 Å². The van der Waals surface area contributed by atoms with E-state index in [9.17, 15) is 18.0 Å². The van der Waals surface area contributed by atoms with Gasteiger partial charge in [0.1, 0.15) is 17.5 Å². The summed E-state index contributed by atoms with van der Waals surface area (Å²) in [6.45, 7) is 3.01. The molecule has 1 amide bonds. The monoisotopic (exact) mass is 514 g/mol. The number of esters is 1. The molecule has 0 unspecified atom stereocenters. The smallest absolute Gasteiger partial charge is 0.334 e. The standard InChI is InChI=1S/C27H34N2O6S/c1-2-3-20-36(32,33)29-26-22-12-15-23(16-13-22)34-19-9-5-4-8-18-28-25(30)17-14-21-10-6-7-11-24(21)35-27(26)31/h6-7,10-17,26,29H,2-5,8-9,18-20H2,1H3,(H,28,30)/b17-14-/t26-/m1/s1. The average Bonchev–Trinajstić information content (AvgIpc) is 2.87. The first-order valence-corrected chi connectivity index (χ1v) is 14.0. The number of carbonyl (C=O) groups is 2. The Morgan fingerprint density at radius 1 is 0.972 bits per heavy atom. The summed E-state index contributed by atoms with van der Waals surface area (Å²) < 4.78 is 39.3. The van der Waals surface area contributed by atoms with Gasteiger partial charge in [0.2, 0.25) is 15.9 Å². The highest BCUT2D eigenvalue weighted by Gasteiger charge is 2.28. The predicted molar refractivity (Wildman–Crippen MR) is 139 cm³/mol. The van der Waals surface area contributed by atoms with Gasteiger partial charge in [0, 0.05) is 18.2 Å². The minimum atomic E-state index is -3.74. The number of nitrogens with one attached hydrogen (secondary N) is 2. The van der Waals surface area contributed by atoms with Crippen LogP contribution in [0.1, 0.15) is 62.6 Å². The molecule has 194 valence electrons. The van der Waals surface area contributed by atoms with E-state index in [0.29, 0.717) is 42.9 Å². The second kappa shape index (κ2) is 13.8. The van der Waals surface area contributed by atoms with Gasteiger partial charge in [0.25, 0.3) is 0 Å². The Labute approximate surface area is 213 Å². The molecule has 2 aromatic rings. The fourth-order valence-electron chi connectivity index (χ4n) is 3.67. The fraction of sp³-hybridized carbons (Fsp3) is 0.407. The average molecular weight is 515 g/mol. The number of carbonyl (C=O) groups excluding carboxylic acids is 2. The molecule has 0 saturated heterocycles. The van der Waals surface area contributed by atoms with Gasteiger partial charge in [-0.2, -0.15) is 4.72 Å². The number of unbranched alkanes of at least 4 members (excludes halogenated alkanes) is 1. The van der Waals surface area contributed by atoms with Gasteiger partial charge in [-0.1, -0.05) is 56.5 Å². The van der Waals surface area contributed by atoms with E-state index in [2.05, 4.69) is 10.0 Å². The highest BCUT2D eigenvalue weighted by atomic mass is 32.2. The summed E-state index contributed by atoms with van der Waals surface area (Å²) in [7, 11) is -3.74. The van der Waals surface area contributed by atoms with E-state index >= 15 is 0 Å². The lowest BCUT2D eigenvalue weighted by Crippen LogP contribution is -2.37. The summed E-state index contributed by atoms with van der Waals surface area (Å²) in [6.07, 6.45) is 7.84. The first-order chi connectivity index (χ1) is 17.4. The van der Waals surface area contributed by atoms with Gasteiger partial charge in [-0.05, 0) is 49.1 Å². The van der Waals surface area contributed by atoms with Crippen molar-refractivity contribution < 1.29 is 27.5 Å². The van der Waals surface area contributed by atoms with Crippen LogP contribution in [0.15, 0.2) is 54.6 Å². The van der Waals surface area contributed by atoms with Crippen molar-refractivity contribution in [3.05, 3.63) is 65.7 Å². The highest BCUT2D eigenvalue weighted by Crippen LogP contribution is 2.25. The van der Waals surface area contributed by atoms with E-state index in [4.69, 9.17) is 9.47 Å². The molecule has 2 aromatic carbocycles. The minimum absolute atomic E-state index is 0.0943. The number of ether oxygens (including phenoxy) is 2. The van der Waals surface area contributed by atoms with Crippen molar-refractivity contribution in [1.82, 2.24) is 10.0 Å². The van der Waals surface area contributed by atoms with Crippen LogP contribution in [-0.2, 0) is 19.6 Å². The Kier molecular flexibility index (Phi) is 10.5. The van der Waals surface area contributed by atoms with Crippen molar-refractivity contribution in [2.45, 2.75) is 51.5 Å². The molecule has 8 nitrogen and oxygen atoms in total. The Hall–Kier alpha value is -3.17. The number of hydrogen-bond donors (Lipinski definition) is 2. The van der Waals surface area contributed by atoms with Gasteiger partial charge in [-0.3, -0.25) is 4.79 Å². The van der Waals surface area contributed by atoms with Crippen molar-refractivity contribution in [3.63, 3.8) is 0 Å². The quantitative estimate of drug-likeness (QED) is 0.458. The third kappa shape index (κ3) is 8.80. The molecule has 0 spiro atoms. The maximum Gasteiger partial charge on any atom is 0.334 e. The molecule has 0 saturated carbocycles. The molecule has 2 aliphatic rings. The summed E-state index contributed by atoms with van der Waals surface area (Å²) >= 11 is 0. The minimum Gasteiger partial charge on any atom is -0.494 e. The highest BCUT2D eigenvalue weighted by molar-refractivity contribution is 7.89. The Morgan fingerprint density at radius 3 is 2.50 bits per heavy atom. The van der Waals surface area contributed by atoms with Crippen LogP contribution in [-0.4, -0.2) is 39.2 Å². The van der Waals surface area contributed by atoms with E-state index in [1.807, 2.05) is 6.92 Å². The van der Waals surface area contributed by atoms with Gasteiger partial charge in [-0.25, -0.2) is 13.2 Å². The van der Waals surface area contributed by atoms with Crippen molar-refractivity contribution >= 4 is 28.0 Å². The van der Waals surface area contributed by atoms with E-state index in [1.54, 1.807) is 54.6 Å². The van der Waals surface area contributed by atoms with Crippen LogP contribution < -0.4 is 19.5 Å². The van der Waals surface area contributed by atoms with Crippen molar-refractivity contribution in [3.8, 4) is 11.5 Å². The molecule has 9 heteroatoms. The second-order valence-corrected chi connectivity index (χ2v) is 10.5. The molecule has 36 heavy (non-hydrogen) atoms. The molecule has 2 aliphatic heterocycles. The maximum atomic E-state index is 13.3. The molecule has 2 bridgehead atoms. The van der Waals surface area contributed by atoms with Crippen molar-refractivity contribution in [1.29, 1.82) is 0 Å².